The zero-order valence-corrected chi connectivity index (χ0v) is 6.67. The third-order valence-electron chi connectivity index (χ3n) is 1.21. The fourth-order valence-corrected chi connectivity index (χ4v) is 1.73. The molecule has 4 heteroatoms. The second-order valence-electron chi connectivity index (χ2n) is 2.19. The van der Waals surface area contributed by atoms with E-state index in [4.69, 9.17) is 0 Å². The number of thiol groups is 1. The molecule has 0 aromatic carbocycles. The van der Waals surface area contributed by atoms with Crippen LogP contribution in [-0.2, 0) is 0 Å². The van der Waals surface area contributed by atoms with Gasteiger partial charge in [-0.25, -0.2) is 15.3 Å². The summed E-state index contributed by atoms with van der Waals surface area (Å²) in [7, 11) is -0.681. The Kier molecular flexibility index (Phi) is 1.99. The topological polar surface area (TPSA) is 15.8 Å². The number of H-pyrrole nitrogens is 1. The highest BCUT2D eigenvalue weighted by molar-refractivity contribution is 8.15. The first kappa shape index (κ1) is 7.60. The third-order valence-corrected chi connectivity index (χ3v) is 2.51. The van der Waals surface area contributed by atoms with Crippen molar-refractivity contribution < 1.29 is 8.78 Å². The highest BCUT2D eigenvalue weighted by Crippen LogP contribution is 2.32. The number of hydrogen-bond donors (Lipinski definition) is 2. The van der Waals surface area contributed by atoms with Gasteiger partial charge in [-0.15, -0.1) is 0 Å². The molecule has 0 atom stereocenters. The summed E-state index contributed by atoms with van der Waals surface area (Å²) in [5.74, 6) is -0.998. The second kappa shape index (κ2) is 2.62. The number of aromatic amines is 1. The predicted molar refractivity (Wildman–Crippen MR) is 39.8 cm³/mol. The molecule has 1 aromatic rings. The molecular formula is C6H9F2NS. The summed E-state index contributed by atoms with van der Waals surface area (Å²) in [6.07, 6.45) is 4.67. The highest BCUT2D eigenvalue weighted by atomic mass is 32.2. The smallest absolute Gasteiger partial charge is 0.206 e. The monoisotopic (exact) mass is 165 g/mol. The van der Waals surface area contributed by atoms with Crippen molar-refractivity contribution in [3.63, 3.8) is 0 Å². The molecule has 0 aliphatic carbocycles. The highest BCUT2D eigenvalue weighted by Gasteiger charge is 2.11. The van der Waals surface area contributed by atoms with Crippen LogP contribution in [0, 0.1) is 11.8 Å². The number of hydrogen-bond acceptors (Lipinski definition) is 0. The van der Waals surface area contributed by atoms with Gasteiger partial charge >= 0.3 is 0 Å². The quantitative estimate of drug-likeness (QED) is 0.591. The van der Waals surface area contributed by atoms with E-state index in [2.05, 4.69) is 4.98 Å². The second-order valence-corrected chi connectivity index (χ2v) is 4.43. The van der Waals surface area contributed by atoms with Gasteiger partial charge in [0, 0.05) is 6.20 Å². The van der Waals surface area contributed by atoms with Crippen LogP contribution < -0.4 is 0 Å². The molecule has 0 bridgehead atoms. The van der Waals surface area contributed by atoms with Crippen LogP contribution in [-0.4, -0.2) is 17.5 Å². The molecule has 0 saturated carbocycles. The Morgan fingerprint density at radius 2 is 2.00 bits per heavy atom. The lowest BCUT2D eigenvalue weighted by Gasteiger charge is -2.05. The Morgan fingerprint density at radius 1 is 1.40 bits per heavy atom. The van der Waals surface area contributed by atoms with Crippen molar-refractivity contribution in [1.82, 2.24) is 4.98 Å². The molecular weight excluding hydrogens is 156 g/mol. The Balaban J connectivity index is 3.10. The van der Waals surface area contributed by atoms with E-state index in [9.17, 15) is 8.78 Å². The normalized spacial score (nSPS) is 11.8. The maximum atomic E-state index is 12.6. The molecule has 0 saturated heterocycles. The average Bonchev–Trinajstić information content (AvgIpc) is 2.11. The van der Waals surface area contributed by atoms with Crippen molar-refractivity contribution in [3.05, 3.63) is 18.0 Å². The summed E-state index contributed by atoms with van der Waals surface area (Å²) in [4.78, 5) is 2.40. The van der Waals surface area contributed by atoms with E-state index in [1.165, 1.54) is 0 Å². The minimum Gasteiger partial charge on any atom is -0.335 e. The summed E-state index contributed by atoms with van der Waals surface area (Å²) < 4.78 is 25.2. The van der Waals surface area contributed by atoms with Gasteiger partial charge in [-0.1, -0.05) is 0 Å². The van der Waals surface area contributed by atoms with Crippen molar-refractivity contribution in [3.8, 4) is 0 Å². The van der Waals surface area contributed by atoms with Crippen molar-refractivity contribution in [2.75, 3.05) is 12.5 Å². The van der Waals surface area contributed by atoms with Gasteiger partial charge in [0.2, 0.25) is 5.95 Å². The molecule has 0 radical (unpaired) electrons. The SMILES string of the molecule is C[SH](C)c1c(F)c[nH]c1F. The summed E-state index contributed by atoms with van der Waals surface area (Å²) in [5, 5.41) is 0. The molecule has 0 aliphatic heterocycles. The van der Waals surface area contributed by atoms with E-state index in [1.807, 2.05) is 12.5 Å². The van der Waals surface area contributed by atoms with E-state index in [1.54, 1.807) is 0 Å². The van der Waals surface area contributed by atoms with E-state index in [-0.39, 0.29) is 4.90 Å². The molecule has 1 N–H and O–H groups in total. The van der Waals surface area contributed by atoms with Gasteiger partial charge in [0.1, 0.15) is 0 Å². The van der Waals surface area contributed by atoms with Crippen LogP contribution in [0.1, 0.15) is 0 Å². The molecule has 0 fully saturated rings. The van der Waals surface area contributed by atoms with Crippen molar-refractivity contribution in [1.29, 1.82) is 0 Å². The Bertz CT molecular complexity index is 212. The molecule has 0 unspecified atom stereocenters. The predicted octanol–water partition coefficient (Wildman–Crippen LogP) is 1.91. The number of aromatic nitrogens is 1. The van der Waals surface area contributed by atoms with E-state index in [0.29, 0.717) is 0 Å². The zero-order chi connectivity index (χ0) is 7.72. The summed E-state index contributed by atoms with van der Waals surface area (Å²) in [6, 6.07) is 0. The van der Waals surface area contributed by atoms with E-state index >= 15 is 0 Å². The maximum absolute atomic E-state index is 12.6. The van der Waals surface area contributed by atoms with Crippen LogP contribution in [0.15, 0.2) is 11.1 Å². The first-order valence-corrected chi connectivity index (χ1v) is 5.06. The summed E-state index contributed by atoms with van der Waals surface area (Å²) >= 11 is 0. The first-order valence-electron chi connectivity index (χ1n) is 2.82. The van der Waals surface area contributed by atoms with Gasteiger partial charge in [0.15, 0.2) is 5.82 Å². The van der Waals surface area contributed by atoms with Gasteiger partial charge in [-0.2, -0.15) is 4.39 Å². The number of nitrogens with one attached hydrogen (secondary N) is 1. The molecule has 10 heavy (non-hydrogen) atoms. The maximum Gasteiger partial charge on any atom is 0.206 e. The first-order chi connectivity index (χ1) is 4.63. The van der Waals surface area contributed by atoms with Crippen molar-refractivity contribution >= 4 is 10.9 Å². The lowest BCUT2D eigenvalue weighted by Crippen LogP contribution is -1.82. The van der Waals surface area contributed by atoms with Crippen molar-refractivity contribution in [2.24, 2.45) is 0 Å². The Hall–Kier alpha value is -0.510. The van der Waals surface area contributed by atoms with Crippen LogP contribution in [0.3, 0.4) is 0 Å². The molecule has 1 nitrogen and oxygen atoms in total. The third kappa shape index (κ3) is 1.16. The minimum atomic E-state index is -0.681. The largest absolute Gasteiger partial charge is 0.335 e. The number of rotatable bonds is 1. The van der Waals surface area contributed by atoms with Gasteiger partial charge in [-0.05, 0) is 12.5 Å². The van der Waals surface area contributed by atoms with Gasteiger partial charge in [0.25, 0.3) is 0 Å². The molecule has 0 amide bonds. The van der Waals surface area contributed by atoms with E-state index < -0.39 is 22.7 Å². The van der Waals surface area contributed by atoms with Crippen LogP contribution in [0.5, 0.6) is 0 Å². The fraction of sp³-hybridized carbons (Fsp3) is 0.333. The van der Waals surface area contributed by atoms with Crippen LogP contribution in [0.25, 0.3) is 0 Å². The Morgan fingerprint density at radius 3 is 2.20 bits per heavy atom. The fourth-order valence-electron chi connectivity index (χ4n) is 0.778. The number of halogens is 2. The van der Waals surface area contributed by atoms with Crippen LogP contribution in [0.2, 0.25) is 0 Å². The Labute approximate surface area is 60.8 Å². The van der Waals surface area contributed by atoms with Gasteiger partial charge in [-0.3, -0.25) is 0 Å². The summed E-state index contributed by atoms with van der Waals surface area (Å²) in [6.45, 7) is 0. The molecule has 0 aliphatic rings. The van der Waals surface area contributed by atoms with E-state index in [0.717, 1.165) is 6.20 Å². The minimum absolute atomic E-state index is 0.204. The zero-order valence-electron chi connectivity index (χ0n) is 5.78. The van der Waals surface area contributed by atoms with Crippen LogP contribution >= 0.6 is 10.9 Å². The van der Waals surface area contributed by atoms with Gasteiger partial charge < -0.3 is 4.98 Å². The summed E-state index contributed by atoms with van der Waals surface area (Å²) in [5.41, 5.74) is 0. The molecule has 1 heterocycles. The van der Waals surface area contributed by atoms with Crippen LogP contribution in [0.4, 0.5) is 8.78 Å². The van der Waals surface area contributed by atoms with Gasteiger partial charge in [0.05, 0.1) is 4.90 Å². The lowest BCUT2D eigenvalue weighted by atomic mass is 10.6. The molecule has 0 spiro atoms. The molecule has 1 aromatic heterocycles. The van der Waals surface area contributed by atoms with Crippen molar-refractivity contribution in [2.45, 2.75) is 4.90 Å². The molecule has 58 valence electrons. The standard InChI is InChI=1S/C6H9F2NS/c1-10(2)5-4(7)3-9-6(5)8/h3,9-10H,1-2H3. The lowest BCUT2D eigenvalue weighted by molar-refractivity contribution is 0.546. The molecule has 1 rings (SSSR count). The average molecular weight is 165 g/mol.